The van der Waals surface area contributed by atoms with Crippen LogP contribution in [0.1, 0.15) is 24.3 Å². The SMILES string of the molecule is Cc1cnn(CC(=O)NC(C)c2cc3cc(Cl)ccc3o2)c1. The number of nitrogens with zero attached hydrogens (tertiary/aromatic N) is 2. The molecule has 0 saturated heterocycles. The summed E-state index contributed by atoms with van der Waals surface area (Å²) in [7, 11) is 0. The van der Waals surface area contributed by atoms with Crippen molar-refractivity contribution in [2.24, 2.45) is 0 Å². The van der Waals surface area contributed by atoms with Crippen molar-refractivity contribution in [2.75, 3.05) is 0 Å². The van der Waals surface area contributed by atoms with Crippen molar-refractivity contribution in [3.05, 3.63) is 53.0 Å². The Bertz CT molecular complexity index is 822. The van der Waals surface area contributed by atoms with Gasteiger partial charge in [-0.15, -0.1) is 0 Å². The average molecular weight is 318 g/mol. The van der Waals surface area contributed by atoms with Crippen LogP contribution in [0.25, 0.3) is 11.0 Å². The molecule has 5 nitrogen and oxygen atoms in total. The largest absolute Gasteiger partial charge is 0.459 e. The van der Waals surface area contributed by atoms with Crippen LogP contribution in [0.5, 0.6) is 0 Å². The molecule has 22 heavy (non-hydrogen) atoms. The lowest BCUT2D eigenvalue weighted by molar-refractivity contribution is -0.122. The van der Waals surface area contributed by atoms with Gasteiger partial charge in [-0.05, 0) is 43.7 Å². The number of fused-ring (bicyclic) bond motifs is 1. The van der Waals surface area contributed by atoms with Gasteiger partial charge in [-0.25, -0.2) is 0 Å². The standard InChI is InChI=1S/C16H16ClN3O2/c1-10-7-18-20(8-10)9-16(21)19-11(2)15-6-12-5-13(17)3-4-14(12)22-15/h3-8,11H,9H2,1-2H3,(H,19,21). The van der Waals surface area contributed by atoms with Crippen molar-refractivity contribution >= 4 is 28.5 Å². The highest BCUT2D eigenvalue weighted by atomic mass is 35.5. The van der Waals surface area contributed by atoms with Gasteiger partial charge in [0.15, 0.2) is 0 Å². The number of nitrogens with one attached hydrogen (secondary N) is 1. The van der Waals surface area contributed by atoms with Crippen LogP contribution in [0.2, 0.25) is 5.02 Å². The Hall–Kier alpha value is -2.27. The first-order valence-electron chi connectivity index (χ1n) is 6.98. The van der Waals surface area contributed by atoms with E-state index in [1.807, 2.05) is 38.2 Å². The fraction of sp³-hybridized carbons (Fsp3) is 0.250. The second kappa shape index (κ2) is 5.85. The zero-order valence-electron chi connectivity index (χ0n) is 12.3. The summed E-state index contributed by atoms with van der Waals surface area (Å²) in [6.07, 6.45) is 3.55. The third-order valence-electron chi connectivity index (χ3n) is 3.37. The number of amides is 1. The normalized spacial score (nSPS) is 12.5. The van der Waals surface area contributed by atoms with Crippen LogP contribution in [0.3, 0.4) is 0 Å². The molecule has 1 amide bonds. The van der Waals surface area contributed by atoms with Crippen molar-refractivity contribution in [3.8, 4) is 0 Å². The summed E-state index contributed by atoms with van der Waals surface area (Å²) in [6, 6.07) is 7.10. The maximum absolute atomic E-state index is 12.0. The Morgan fingerprint density at radius 2 is 2.27 bits per heavy atom. The molecule has 2 aromatic heterocycles. The van der Waals surface area contributed by atoms with Crippen molar-refractivity contribution < 1.29 is 9.21 Å². The minimum absolute atomic E-state index is 0.117. The highest BCUT2D eigenvalue weighted by molar-refractivity contribution is 6.31. The minimum Gasteiger partial charge on any atom is -0.459 e. The first-order chi connectivity index (χ1) is 10.5. The maximum atomic E-state index is 12.0. The van der Waals surface area contributed by atoms with Crippen molar-refractivity contribution in [1.29, 1.82) is 0 Å². The molecule has 0 aliphatic carbocycles. The van der Waals surface area contributed by atoms with E-state index in [4.69, 9.17) is 16.0 Å². The molecule has 1 N–H and O–H groups in total. The zero-order chi connectivity index (χ0) is 15.7. The Balaban J connectivity index is 1.69. The molecule has 2 heterocycles. The zero-order valence-corrected chi connectivity index (χ0v) is 13.1. The fourth-order valence-corrected chi connectivity index (χ4v) is 2.49. The smallest absolute Gasteiger partial charge is 0.242 e. The molecule has 0 radical (unpaired) electrons. The first-order valence-corrected chi connectivity index (χ1v) is 7.36. The molecule has 1 atom stereocenters. The molecule has 0 bridgehead atoms. The Morgan fingerprint density at radius 3 is 3.00 bits per heavy atom. The lowest BCUT2D eigenvalue weighted by atomic mass is 10.2. The number of aryl methyl sites for hydroxylation is 1. The molecule has 0 aliphatic heterocycles. The molecule has 6 heteroatoms. The lowest BCUT2D eigenvalue weighted by Crippen LogP contribution is -2.30. The van der Waals surface area contributed by atoms with Gasteiger partial charge in [-0.1, -0.05) is 11.6 Å². The number of halogens is 1. The summed E-state index contributed by atoms with van der Waals surface area (Å²) in [5.74, 6) is 0.580. The molecule has 3 rings (SSSR count). The molecule has 3 aromatic rings. The van der Waals surface area contributed by atoms with Crippen LogP contribution in [0.4, 0.5) is 0 Å². The summed E-state index contributed by atoms with van der Waals surface area (Å²) in [5, 5.41) is 8.58. The average Bonchev–Trinajstić information content (AvgIpc) is 3.04. The van der Waals surface area contributed by atoms with Gasteiger partial charge >= 0.3 is 0 Å². The maximum Gasteiger partial charge on any atom is 0.242 e. The van der Waals surface area contributed by atoms with Gasteiger partial charge in [0.1, 0.15) is 17.9 Å². The molecular formula is C16H16ClN3O2. The van der Waals surface area contributed by atoms with E-state index in [-0.39, 0.29) is 18.5 Å². The monoisotopic (exact) mass is 317 g/mol. The summed E-state index contributed by atoms with van der Waals surface area (Å²) in [4.78, 5) is 12.0. The molecular weight excluding hydrogens is 302 g/mol. The molecule has 0 aliphatic rings. The Labute approximate surface area is 132 Å². The second-order valence-electron chi connectivity index (χ2n) is 5.34. The van der Waals surface area contributed by atoms with Gasteiger partial charge in [-0.3, -0.25) is 9.48 Å². The van der Waals surface area contributed by atoms with E-state index < -0.39 is 0 Å². The van der Waals surface area contributed by atoms with Gasteiger partial charge in [-0.2, -0.15) is 5.10 Å². The van der Waals surface area contributed by atoms with Crippen LogP contribution in [-0.4, -0.2) is 15.7 Å². The van der Waals surface area contributed by atoms with E-state index in [9.17, 15) is 4.79 Å². The van der Waals surface area contributed by atoms with E-state index in [0.29, 0.717) is 10.8 Å². The number of hydrogen-bond acceptors (Lipinski definition) is 3. The van der Waals surface area contributed by atoms with Crippen molar-refractivity contribution in [1.82, 2.24) is 15.1 Å². The highest BCUT2D eigenvalue weighted by Gasteiger charge is 2.15. The Morgan fingerprint density at radius 1 is 1.45 bits per heavy atom. The molecule has 0 fully saturated rings. The highest BCUT2D eigenvalue weighted by Crippen LogP contribution is 2.26. The number of carbonyl (C=O) groups is 1. The van der Waals surface area contributed by atoms with Crippen LogP contribution >= 0.6 is 11.6 Å². The van der Waals surface area contributed by atoms with Crippen LogP contribution in [0.15, 0.2) is 41.1 Å². The van der Waals surface area contributed by atoms with Gasteiger partial charge in [0.2, 0.25) is 5.91 Å². The topological polar surface area (TPSA) is 60.1 Å². The number of rotatable bonds is 4. The number of hydrogen-bond donors (Lipinski definition) is 1. The van der Waals surface area contributed by atoms with E-state index in [2.05, 4.69) is 10.4 Å². The number of carbonyl (C=O) groups excluding carboxylic acids is 1. The molecule has 0 spiro atoms. The number of benzene rings is 1. The molecule has 114 valence electrons. The number of furan rings is 1. The molecule has 1 unspecified atom stereocenters. The van der Waals surface area contributed by atoms with E-state index in [1.165, 1.54) is 0 Å². The first kappa shape index (κ1) is 14.7. The van der Waals surface area contributed by atoms with E-state index >= 15 is 0 Å². The summed E-state index contributed by atoms with van der Waals surface area (Å²) < 4.78 is 7.35. The third-order valence-corrected chi connectivity index (χ3v) is 3.60. The Kier molecular flexibility index (Phi) is 3.90. The van der Waals surface area contributed by atoms with Gasteiger partial charge in [0.25, 0.3) is 0 Å². The predicted molar refractivity (Wildman–Crippen MR) is 84.7 cm³/mol. The lowest BCUT2D eigenvalue weighted by Gasteiger charge is -2.11. The number of aromatic nitrogens is 2. The van der Waals surface area contributed by atoms with Gasteiger partial charge in [0.05, 0.1) is 12.2 Å². The van der Waals surface area contributed by atoms with Crippen LogP contribution in [-0.2, 0) is 11.3 Å². The molecule has 1 aromatic carbocycles. The third kappa shape index (κ3) is 3.14. The van der Waals surface area contributed by atoms with Crippen molar-refractivity contribution in [3.63, 3.8) is 0 Å². The second-order valence-corrected chi connectivity index (χ2v) is 5.77. The van der Waals surface area contributed by atoms with E-state index in [0.717, 1.165) is 16.5 Å². The van der Waals surface area contributed by atoms with Gasteiger partial charge < -0.3 is 9.73 Å². The minimum atomic E-state index is -0.227. The summed E-state index contributed by atoms with van der Waals surface area (Å²) in [6.45, 7) is 4.00. The van der Waals surface area contributed by atoms with Crippen LogP contribution in [0, 0.1) is 6.92 Å². The quantitative estimate of drug-likeness (QED) is 0.801. The predicted octanol–water partition coefficient (Wildman–Crippen LogP) is 3.47. The molecule has 0 saturated carbocycles. The van der Waals surface area contributed by atoms with Gasteiger partial charge in [0, 0.05) is 16.6 Å². The fourth-order valence-electron chi connectivity index (χ4n) is 2.31. The van der Waals surface area contributed by atoms with Crippen LogP contribution < -0.4 is 5.32 Å². The summed E-state index contributed by atoms with van der Waals surface area (Å²) in [5.41, 5.74) is 1.78. The van der Waals surface area contributed by atoms with Crippen molar-refractivity contribution in [2.45, 2.75) is 26.4 Å². The summed E-state index contributed by atoms with van der Waals surface area (Å²) >= 11 is 5.96. The van der Waals surface area contributed by atoms with E-state index in [1.54, 1.807) is 16.9 Å².